The van der Waals surface area contributed by atoms with E-state index < -0.39 is 0 Å². The second-order valence-electron chi connectivity index (χ2n) is 9.78. The second kappa shape index (κ2) is 10.7. The number of aryl methyl sites for hydroxylation is 1. The summed E-state index contributed by atoms with van der Waals surface area (Å²) in [4.78, 5) is 35.6. The predicted molar refractivity (Wildman–Crippen MR) is 151 cm³/mol. The quantitative estimate of drug-likeness (QED) is 0.465. The van der Waals surface area contributed by atoms with Crippen molar-refractivity contribution in [3.8, 4) is 5.75 Å². The van der Waals surface area contributed by atoms with Gasteiger partial charge in [-0.2, -0.15) is 4.98 Å². The summed E-state index contributed by atoms with van der Waals surface area (Å²) in [7, 11) is 4.02. The van der Waals surface area contributed by atoms with Gasteiger partial charge < -0.3 is 29.9 Å². The Kier molecular flexibility index (Phi) is 7.37. The van der Waals surface area contributed by atoms with Crippen LogP contribution in [0.3, 0.4) is 0 Å². The number of aromatic nitrogens is 3. The molecule has 0 aliphatic carbocycles. The fourth-order valence-electron chi connectivity index (χ4n) is 4.73. The van der Waals surface area contributed by atoms with Gasteiger partial charge in [0.05, 0.1) is 23.5 Å². The molecule has 11 nitrogen and oxygen atoms in total. The first kappa shape index (κ1) is 26.1. The molecular weight excluding hydrogens is 504 g/mol. The Hall–Kier alpha value is -3.48. The molecule has 0 atom stereocenters. The predicted octanol–water partition coefficient (Wildman–Crippen LogP) is 3.24. The number of carbonyl (C=O) groups excluding carboxylic acids is 1. The van der Waals surface area contributed by atoms with Crippen molar-refractivity contribution in [1.29, 1.82) is 0 Å². The Morgan fingerprint density at radius 3 is 2.63 bits per heavy atom. The van der Waals surface area contributed by atoms with Crippen LogP contribution in [0.15, 0.2) is 24.4 Å². The molecule has 3 aromatic rings. The number of amides is 1. The SMILES string of the molecule is Cc1nc2c(s1)N(C)c1nc(Nc3ccc(N4CCN(C)CC4)cc3OCCO)ncc1N(C(C)C)C2=O. The van der Waals surface area contributed by atoms with Crippen molar-refractivity contribution < 1.29 is 14.6 Å². The molecule has 2 N–H and O–H groups in total. The first-order valence-corrected chi connectivity index (χ1v) is 13.6. The lowest BCUT2D eigenvalue weighted by atomic mass is 10.2. The van der Waals surface area contributed by atoms with Crippen LogP contribution in [0.2, 0.25) is 0 Å². The summed E-state index contributed by atoms with van der Waals surface area (Å²) < 4.78 is 5.90. The van der Waals surface area contributed by atoms with Crippen LogP contribution in [0, 0.1) is 6.92 Å². The number of nitrogens with zero attached hydrogens (tertiary/aromatic N) is 7. The van der Waals surface area contributed by atoms with Crippen molar-refractivity contribution in [2.75, 3.05) is 73.5 Å². The standard InChI is InChI=1S/C26H34N8O3S/c1-16(2)34-20-15-27-26(30-23(20)32(5)25-22(24(34)36)28-17(3)38-25)29-19-7-6-18(14-21(19)37-13-12-35)33-10-8-31(4)9-11-33/h6-7,14-16,35H,8-13H2,1-5H3,(H,27,29,30). The van der Waals surface area contributed by atoms with E-state index in [1.165, 1.54) is 11.3 Å². The van der Waals surface area contributed by atoms with E-state index in [1.807, 2.05) is 44.9 Å². The number of aliphatic hydroxyl groups excluding tert-OH is 1. The molecule has 2 aliphatic heterocycles. The second-order valence-corrected chi connectivity index (χ2v) is 11.0. The minimum atomic E-state index is -0.159. The smallest absolute Gasteiger partial charge is 0.280 e. The van der Waals surface area contributed by atoms with Gasteiger partial charge in [-0.1, -0.05) is 0 Å². The van der Waals surface area contributed by atoms with Crippen LogP contribution in [0.1, 0.15) is 29.3 Å². The summed E-state index contributed by atoms with van der Waals surface area (Å²) in [5, 5.41) is 14.3. The van der Waals surface area contributed by atoms with E-state index in [-0.39, 0.29) is 25.2 Å². The van der Waals surface area contributed by atoms with Crippen molar-refractivity contribution in [3.05, 3.63) is 35.1 Å². The number of benzene rings is 1. The van der Waals surface area contributed by atoms with Crippen LogP contribution in [0.25, 0.3) is 0 Å². The van der Waals surface area contributed by atoms with Crippen molar-refractivity contribution >= 4 is 51.1 Å². The van der Waals surface area contributed by atoms with Crippen LogP contribution in [-0.4, -0.2) is 90.4 Å². The summed E-state index contributed by atoms with van der Waals surface area (Å²) in [6.45, 7) is 9.78. The minimum Gasteiger partial charge on any atom is -0.489 e. The van der Waals surface area contributed by atoms with Gasteiger partial charge in [0.15, 0.2) is 11.5 Å². The van der Waals surface area contributed by atoms with Gasteiger partial charge >= 0.3 is 0 Å². The highest BCUT2D eigenvalue weighted by molar-refractivity contribution is 7.16. The first-order chi connectivity index (χ1) is 18.3. The van der Waals surface area contributed by atoms with E-state index in [1.54, 1.807) is 11.1 Å². The third-order valence-corrected chi connectivity index (χ3v) is 7.76. The average Bonchev–Trinajstić information content (AvgIpc) is 3.27. The number of piperazine rings is 1. The molecular formula is C26H34N8O3S. The zero-order valence-electron chi connectivity index (χ0n) is 22.4. The zero-order valence-corrected chi connectivity index (χ0v) is 23.2. The lowest BCUT2D eigenvalue weighted by molar-refractivity contribution is 0.0977. The number of anilines is 6. The highest BCUT2D eigenvalue weighted by atomic mass is 32.1. The minimum absolute atomic E-state index is 0.0893. The topological polar surface area (TPSA) is 110 Å². The number of thiazole rings is 1. The van der Waals surface area contributed by atoms with Crippen LogP contribution in [0.5, 0.6) is 5.75 Å². The Labute approximate surface area is 226 Å². The van der Waals surface area contributed by atoms with Crippen LogP contribution in [-0.2, 0) is 0 Å². The number of hydrogen-bond acceptors (Lipinski definition) is 11. The molecule has 1 aromatic carbocycles. The van der Waals surface area contributed by atoms with E-state index in [0.717, 1.165) is 41.9 Å². The molecule has 2 aromatic heterocycles. The van der Waals surface area contributed by atoms with Gasteiger partial charge in [-0.25, -0.2) is 9.97 Å². The third-order valence-electron chi connectivity index (χ3n) is 6.71. The Morgan fingerprint density at radius 2 is 1.92 bits per heavy atom. The molecule has 202 valence electrons. The number of hydrogen-bond donors (Lipinski definition) is 2. The van der Waals surface area contributed by atoms with E-state index >= 15 is 0 Å². The van der Waals surface area contributed by atoms with Gasteiger partial charge in [0.2, 0.25) is 5.95 Å². The highest BCUT2D eigenvalue weighted by Crippen LogP contribution is 2.42. The van der Waals surface area contributed by atoms with Gasteiger partial charge in [0, 0.05) is 51.0 Å². The normalized spacial score (nSPS) is 16.0. The van der Waals surface area contributed by atoms with E-state index in [4.69, 9.17) is 9.72 Å². The Morgan fingerprint density at radius 1 is 1.16 bits per heavy atom. The fourth-order valence-corrected chi connectivity index (χ4v) is 5.60. The third kappa shape index (κ3) is 4.98. The molecule has 1 saturated heterocycles. The molecule has 4 heterocycles. The molecule has 12 heteroatoms. The number of ether oxygens (including phenoxy) is 1. The van der Waals surface area contributed by atoms with Crippen molar-refractivity contribution in [2.45, 2.75) is 26.8 Å². The van der Waals surface area contributed by atoms with Crippen molar-refractivity contribution in [2.24, 2.45) is 0 Å². The molecule has 5 rings (SSSR count). The number of fused-ring (bicyclic) bond motifs is 2. The molecule has 0 unspecified atom stereocenters. The van der Waals surface area contributed by atoms with Crippen LogP contribution < -0.4 is 24.8 Å². The maximum absolute atomic E-state index is 13.4. The summed E-state index contributed by atoms with van der Waals surface area (Å²) in [5.74, 6) is 1.44. The van der Waals surface area contributed by atoms with Gasteiger partial charge in [-0.05, 0) is 40.0 Å². The molecule has 0 spiro atoms. The van der Waals surface area contributed by atoms with Crippen molar-refractivity contribution in [1.82, 2.24) is 19.9 Å². The summed E-state index contributed by atoms with van der Waals surface area (Å²) in [5.41, 5.74) is 2.82. The maximum Gasteiger partial charge on any atom is 0.280 e. The molecule has 1 amide bonds. The molecule has 38 heavy (non-hydrogen) atoms. The number of nitrogens with one attached hydrogen (secondary N) is 1. The fraction of sp³-hybridized carbons (Fsp3) is 0.462. The molecule has 0 bridgehead atoms. The van der Waals surface area contributed by atoms with Crippen molar-refractivity contribution in [3.63, 3.8) is 0 Å². The van der Waals surface area contributed by atoms with Gasteiger partial charge in [-0.15, -0.1) is 11.3 Å². The van der Waals surface area contributed by atoms with Gasteiger partial charge in [0.25, 0.3) is 5.91 Å². The molecule has 1 fully saturated rings. The highest BCUT2D eigenvalue weighted by Gasteiger charge is 2.35. The lowest BCUT2D eigenvalue weighted by Crippen LogP contribution is -2.44. The summed E-state index contributed by atoms with van der Waals surface area (Å²) in [6, 6.07) is 5.89. The van der Waals surface area contributed by atoms with Gasteiger partial charge in [-0.3, -0.25) is 9.69 Å². The van der Waals surface area contributed by atoms with Crippen LogP contribution in [0.4, 0.5) is 33.8 Å². The lowest BCUT2D eigenvalue weighted by Gasteiger charge is -2.34. The van der Waals surface area contributed by atoms with E-state index in [2.05, 4.69) is 38.2 Å². The van der Waals surface area contributed by atoms with E-state index in [0.29, 0.717) is 34.6 Å². The monoisotopic (exact) mass is 538 g/mol. The number of aliphatic hydroxyl groups is 1. The number of likely N-dealkylation sites (N-methyl/N-ethyl adjacent to an activating group) is 1. The summed E-state index contributed by atoms with van der Waals surface area (Å²) >= 11 is 1.46. The zero-order chi connectivity index (χ0) is 27.0. The van der Waals surface area contributed by atoms with Crippen LogP contribution >= 0.6 is 11.3 Å². The number of carbonyl (C=O) groups is 1. The van der Waals surface area contributed by atoms with E-state index in [9.17, 15) is 9.90 Å². The molecule has 2 aliphatic rings. The summed E-state index contributed by atoms with van der Waals surface area (Å²) in [6.07, 6.45) is 1.68. The molecule has 0 saturated carbocycles. The Bertz CT molecular complexity index is 1320. The average molecular weight is 539 g/mol. The Balaban J connectivity index is 1.49. The largest absolute Gasteiger partial charge is 0.489 e. The number of rotatable bonds is 7. The maximum atomic E-state index is 13.4. The van der Waals surface area contributed by atoms with Gasteiger partial charge in [0.1, 0.15) is 23.0 Å². The first-order valence-electron chi connectivity index (χ1n) is 12.8. The molecule has 0 radical (unpaired) electrons.